The minimum absolute atomic E-state index is 0.0378. The Kier molecular flexibility index (Phi) is 6.73. The van der Waals surface area contributed by atoms with Gasteiger partial charge in [0.2, 0.25) is 5.91 Å². The average Bonchev–Trinajstić information content (AvgIpc) is 3.34. The molecule has 0 saturated carbocycles. The molecule has 2 heterocycles. The van der Waals surface area contributed by atoms with Gasteiger partial charge in [0.1, 0.15) is 13.2 Å². The fourth-order valence-corrected chi connectivity index (χ4v) is 4.13. The second-order valence-electron chi connectivity index (χ2n) is 6.07. The maximum Gasteiger partial charge on any atom is 0.325 e. The predicted molar refractivity (Wildman–Crippen MR) is 113 cm³/mol. The summed E-state index contributed by atoms with van der Waals surface area (Å²) in [7, 11) is 0. The highest BCUT2D eigenvalue weighted by molar-refractivity contribution is 7.14. The van der Waals surface area contributed by atoms with Gasteiger partial charge in [0.25, 0.3) is 5.91 Å². The quantitative estimate of drug-likeness (QED) is 0.579. The molecule has 3 aromatic rings. The standard InChI is InChI=1S/C20H19N3O4S2/c1-13-8-9-17(29-13)19(26)21-10-18(25)27-11-15-12-28-20(22-15)23(14(2)24)16-6-4-3-5-7-16/h3-9,12H,10-11H2,1-2H3,(H,21,26). The molecule has 29 heavy (non-hydrogen) atoms. The number of thiophene rings is 1. The van der Waals surface area contributed by atoms with Gasteiger partial charge in [0.05, 0.1) is 16.3 Å². The molecular weight excluding hydrogens is 410 g/mol. The second kappa shape index (κ2) is 9.44. The third kappa shape index (κ3) is 5.49. The molecule has 0 aliphatic heterocycles. The first-order valence-corrected chi connectivity index (χ1v) is 10.4. The van der Waals surface area contributed by atoms with Crippen LogP contribution in [0.4, 0.5) is 10.8 Å². The molecule has 0 spiro atoms. The SMILES string of the molecule is CC(=O)N(c1ccccc1)c1nc(COC(=O)CNC(=O)c2ccc(C)s2)cs1. The van der Waals surface area contributed by atoms with Crippen molar-refractivity contribution < 1.29 is 19.1 Å². The van der Waals surface area contributed by atoms with Gasteiger partial charge in [-0.25, -0.2) is 4.98 Å². The van der Waals surface area contributed by atoms with E-state index >= 15 is 0 Å². The Balaban J connectivity index is 1.54. The van der Waals surface area contributed by atoms with Gasteiger partial charge in [0.15, 0.2) is 5.13 Å². The predicted octanol–water partition coefficient (Wildman–Crippen LogP) is 3.67. The van der Waals surface area contributed by atoms with Gasteiger partial charge < -0.3 is 10.1 Å². The van der Waals surface area contributed by atoms with E-state index < -0.39 is 5.97 Å². The third-order valence-corrected chi connectivity index (χ3v) is 5.67. The van der Waals surface area contributed by atoms with E-state index in [1.54, 1.807) is 11.4 Å². The van der Waals surface area contributed by atoms with Crippen LogP contribution in [0.25, 0.3) is 0 Å². The number of aromatic nitrogens is 1. The molecule has 3 rings (SSSR count). The zero-order valence-electron chi connectivity index (χ0n) is 15.9. The van der Waals surface area contributed by atoms with Crippen molar-refractivity contribution in [3.8, 4) is 0 Å². The van der Waals surface area contributed by atoms with Gasteiger partial charge in [-0.2, -0.15) is 0 Å². The monoisotopic (exact) mass is 429 g/mol. The highest BCUT2D eigenvalue weighted by Gasteiger charge is 2.18. The number of benzene rings is 1. The maximum atomic E-state index is 12.1. The Hall–Kier alpha value is -3.04. The van der Waals surface area contributed by atoms with Crippen LogP contribution in [-0.2, 0) is 20.9 Å². The molecule has 0 radical (unpaired) electrons. The molecule has 7 nitrogen and oxygen atoms in total. The Morgan fingerprint density at radius 1 is 1.14 bits per heavy atom. The average molecular weight is 430 g/mol. The third-order valence-electron chi connectivity index (χ3n) is 3.80. The Labute approximate surface area is 176 Å². The van der Waals surface area contributed by atoms with Crippen molar-refractivity contribution in [1.82, 2.24) is 10.3 Å². The Morgan fingerprint density at radius 3 is 2.55 bits per heavy atom. The number of nitrogens with zero attached hydrogens (tertiary/aromatic N) is 2. The molecule has 150 valence electrons. The lowest BCUT2D eigenvalue weighted by Crippen LogP contribution is -2.30. The van der Waals surface area contributed by atoms with E-state index in [0.717, 1.165) is 4.88 Å². The van der Waals surface area contributed by atoms with Crippen molar-refractivity contribution in [3.63, 3.8) is 0 Å². The number of para-hydroxylation sites is 1. The zero-order valence-corrected chi connectivity index (χ0v) is 17.5. The van der Waals surface area contributed by atoms with Crippen molar-refractivity contribution >= 4 is 51.3 Å². The first-order valence-electron chi connectivity index (χ1n) is 8.74. The summed E-state index contributed by atoms with van der Waals surface area (Å²) in [6.07, 6.45) is 0. The fraction of sp³-hybridized carbons (Fsp3) is 0.200. The van der Waals surface area contributed by atoms with Gasteiger partial charge in [-0.05, 0) is 31.2 Å². The van der Waals surface area contributed by atoms with E-state index in [0.29, 0.717) is 21.4 Å². The number of rotatable bonds is 7. The maximum absolute atomic E-state index is 12.1. The number of amides is 2. The van der Waals surface area contributed by atoms with Crippen molar-refractivity contribution in [3.05, 3.63) is 63.3 Å². The van der Waals surface area contributed by atoms with Gasteiger partial charge >= 0.3 is 5.97 Å². The number of thiazole rings is 1. The summed E-state index contributed by atoms with van der Waals surface area (Å²) in [4.78, 5) is 43.4. The number of carbonyl (C=O) groups excluding carboxylic acids is 3. The summed E-state index contributed by atoms with van der Waals surface area (Å²) in [6.45, 7) is 3.11. The summed E-state index contributed by atoms with van der Waals surface area (Å²) in [5, 5.41) is 4.76. The Morgan fingerprint density at radius 2 is 1.90 bits per heavy atom. The first-order chi connectivity index (χ1) is 13.9. The zero-order chi connectivity index (χ0) is 20.8. The van der Waals surface area contributed by atoms with Crippen molar-refractivity contribution in [2.75, 3.05) is 11.4 Å². The van der Waals surface area contributed by atoms with Crippen LogP contribution in [0.1, 0.15) is 27.2 Å². The molecule has 2 amide bonds. The number of nitrogens with one attached hydrogen (secondary N) is 1. The first kappa shape index (κ1) is 20.7. The molecule has 1 aromatic carbocycles. The van der Waals surface area contributed by atoms with Crippen LogP contribution < -0.4 is 10.2 Å². The van der Waals surface area contributed by atoms with Crippen molar-refractivity contribution in [2.24, 2.45) is 0 Å². The number of hydrogen-bond donors (Lipinski definition) is 1. The lowest BCUT2D eigenvalue weighted by Gasteiger charge is -2.17. The second-order valence-corrected chi connectivity index (χ2v) is 8.19. The summed E-state index contributed by atoms with van der Waals surface area (Å²) >= 11 is 2.64. The molecule has 0 unspecified atom stereocenters. The van der Waals surface area contributed by atoms with E-state index in [4.69, 9.17) is 4.74 Å². The molecule has 0 bridgehead atoms. The van der Waals surface area contributed by atoms with Gasteiger partial charge in [-0.1, -0.05) is 18.2 Å². The summed E-state index contributed by atoms with van der Waals surface area (Å²) in [6, 6.07) is 12.7. The summed E-state index contributed by atoms with van der Waals surface area (Å²) < 4.78 is 5.17. The smallest absolute Gasteiger partial charge is 0.325 e. The molecule has 1 N–H and O–H groups in total. The highest BCUT2D eigenvalue weighted by Crippen LogP contribution is 2.28. The normalized spacial score (nSPS) is 10.4. The Bertz CT molecular complexity index is 1010. The van der Waals surface area contributed by atoms with Crippen LogP contribution in [0, 0.1) is 6.92 Å². The van der Waals surface area contributed by atoms with Gasteiger partial charge in [-0.15, -0.1) is 22.7 Å². The van der Waals surface area contributed by atoms with Gasteiger partial charge in [-0.3, -0.25) is 19.3 Å². The van der Waals surface area contributed by atoms with Crippen LogP contribution in [0.3, 0.4) is 0 Å². The molecular formula is C20H19N3O4S2. The fourth-order valence-electron chi connectivity index (χ4n) is 2.47. The van der Waals surface area contributed by atoms with E-state index in [2.05, 4.69) is 10.3 Å². The number of anilines is 2. The molecule has 0 fully saturated rings. The molecule has 0 aliphatic carbocycles. The number of carbonyl (C=O) groups is 3. The van der Waals surface area contributed by atoms with Gasteiger partial charge in [0, 0.05) is 17.2 Å². The van der Waals surface area contributed by atoms with E-state index in [9.17, 15) is 14.4 Å². The molecule has 9 heteroatoms. The van der Waals surface area contributed by atoms with Crippen LogP contribution in [0.2, 0.25) is 0 Å². The number of aryl methyl sites for hydroxylation is 1. The highest BCUT2D eigenvalue weighted by atomic mass is 32.1. The van der Waals surface area contributed by atoms with Crippen LogP contribution >= 0.6 is 22.7 Å². The number of hydrogen-bond acceptors (Lipinski definition) is 7. The van der Waals surface area contributed by atoms with Crippen LogP contribution in [-0.4, -0.2) is 29.3 Å². The minimum atomic E-state index is -0.562. The molecule has 0 saturated heterocycles. The lowest BCUT2D eigenvalue weighted by molar-refractivity contribution is -0.143. The van der Waals surface area contributed by atoms with Crippen LogP contribution in [0.15, 0.2) is 47.8 Å². The number of esters is 1. The number of ether oxygens (including phenoxy) is 1. The van der Waals surface area contributed by atoms with Crippen molar-refractivity contribution in [1.29, 1.82) is 0 Å². The molecule has 0 aliphatic rings. The van der Waals surface area contributed by atoms with E-state index in [1.807, 2.05) is 43.3 Å². The largest absolute Gasteiger partial charge is 0.458 e. The lowest BCUT2D eigenvalue weighted by atomic mass is 10.3. The topological polar surface area (TPSA) is 88.6 Å². The van der Waals surface area contributed by atoms with E-state index in [-0.39, 0.29) is 25.0 Å². The minimum Gasteiger partial charge on any atom is -0.458 e. The molecule has 0 atom stereocenters. The summed E-state index contributed by atoms with van der Waals surface area (Å²) in [5.41, 5.74) is 1.24. The van der Waals surface area contributed by atoms with Crippen LogP contribution in [0.5, 0.6) is 0 Å². The van der Waals surface area contributed by atoms with E-state index in [1.165, 1.54) is 34.5 Å². The molecule has 2 aromatic heterocycles. The van der Waals surface area contributed by atoms with Crippen molar-refractivity contribution in [2.45, 2.75) is 20.5 Å². The summed E-state index contributed by atoms with van der Waals surface area (Å²) in [5.74, 6) is -1.04.